The number of methoxy groups -OCH3 is 1. The number of aromatic nitrogens is 2. The molecule has 0 bridgehead atoms. The van der Waals surface area contributed by atoms with Crippen molar-refractivity contribution in [3.63, 3.8) is 0 Å². The molecule has 3 aromatic rings. The van der Waals surface area contributed by atoms with Crippen molar-refractivity contribution in [2.75, 3.05) is 25.6 Å². The van der Waals surface area contributed by atoms with Gasteiger partial charge in [-0.25, -0.2) is 9.78 Å². The molecule has 0 atom stereocenters. The highest BCUT2D eigenvalue weighted by molar-refractivity contribution is 5.96. The Hall–Kier alpha value is -3.46. The molecular weight excluding hydrogens is 364 g/mol. The molecule has 0 saturated heterocycles. The van der Waals surface area contributed by atoms with Crippen LogP contribution < -0.4 is 5.32 Å². The van der Waals surface area contributed by atoms with Crippen LogP contribution in [0, 0.1) is 17.0 Å². The lowest BCUT2D eigenvalue weighted by atomic mass is 10.1. The van der Waals surface area contributed by atoms with Gasteiger partial charge in [-0.1, -0.05) is 6.07 Å². The SMILES string of the molecule is COCCNc1ccc([N+](=O)[O-])cc1C(=O)OCc1cn2cc(C)ccc2n1. The van der Waals surface area contributed by atoms with E-state index in [1.807, 2.05) is 29.7 Å². The Morgan fingerprint density at radius 1 is 1.29 bits per heavy atom. The lowest BCUT2D eigenvalue weighted by molar-refractivity contribution is -0.384. The van der Waals surface area contributed by atoms with Gasteiger partial charge in [0.05, 0.1) is 22.8 Å². The van der Waals surface area contributed by atoms with Gasteiger partial charge in [0.1, 0.15) is 12.3 Å². The number of nitro groups is 1. The summed E-state index contributed by atoms with van der Waals surface area (Å²) < 4.78 is 12.2. The van der Waals surface area contributed by atoms with Gasteiger partial charge >= 0.3 is 5.97 Å². The summed E-state index contributed by atoms with van der Waals surface area (Å²) in [5.74, 6) is -0.670. The summed E-state index contributed by atoms with van der Waals surface area (Å²) in [7, 11) is 1.56. The Bertz CT molecular complexity index is 1010. The van der Waals surface area contributed by atoms with E-state index in [1.54, 1.807) is 13.3 Å². The first kappa shape index (κ1) is 19.3. The van der Waals surface area contributed by atoms with Crippen molar-refractivity contribution in [3.05, 3.63) is 69.7 Å². The molecule has 146 valence electrons. The molecule has 9 nitrogen and oxygen atoms in total. The van der Waals surface area contributed by atoms with Crippen LogP contribution in [0.1, 0.15) is 21.6 Å². The minimum atomic E-state index is -0.670. The third-order valence-electron chi connectivity index (χ3n) is 4.06. The lowest BCUT2D eigenvalue weighted by Gasteiger charge is -2.11. The van der Waals surface area contributed by atoms with E-state index in [4.69, 9.17) is 9.47 Å². The van der Waals surface area contributed by atoms with Gasteiger partial charge in [-0.15, -0.1) is 0 Å². The summed E-state index contributed by atoms with van der Waals surface area (Å²) in [6.45, 7) is 2.80. The van der Waals surface area contributed by atoms with Gasteiger partial charge in [-0.2, -0.15) is 0 Å². The van der Waals surface area contributed by atoms with E-state index < -0.39 is 10.9 Å². The van der Waals surface area contributed by atoms with E-state index in [2.05, 4.69) is 10.3 Å². The summed E-state index contributed by atoms with van der Waals surface area (Å²) >= 11 is 0. The summed E-state index contributed by atoms with van der Waals surface area (Å²) in [5.41, 5.74) is 2.75. The Morgan fingerprint density at radius 2 is 2.11 bits per heavy atom. The van der Waals surface area contributed by atoms with Crippen molar-refractivity contribution in [2.45, 2.75) is 13.5 Å². The zero-order chi connectivity index (χ0) is 20.1. The van der Waals surface area contributed by atoms with Crippen molar-refractivity contribution in [1.29, 1.82) is 0 Å². The number of hydrogen-bond donors (Lipinski definition) is 1. The number of imidazole rings is 1. The fraction of sp³-hybridized carbons (Fsp3) is 0.263. The van der Waals surface area contributed by atoms with Crippen LogP contribution in [0.15, 0.2) is 42.7 Å². The topological polar surface area (TPSA) is 108 Å². The van der Waals surface area contributed by atoms with Crippen LogP contribution in [0.4, 0.5) is 11.4 Å². The monoisotopic (exact) mass is 384 g/mol. The van der Waals surface area contributed by atoms with Gasteiger partial charge in [0.2, 0.25) is 0 Å². The van der Waals surface area contributed by atoms with Crippen molar-refractivity contribution in [3.8, 4) is 0 Å². The van der Waals surface area contributed by atoms with Crippen molar-refractivity contribution < 1.29 is 19.2 Å². The summed E-state index contributed by atoms with van der Waals surface area (Å²) in [6.07, 6.45) is 3.70. The van der Waals surface area contributed by atoms with E-state index in [9.17, 15) is 14.9 Å². The number of carbonyl (C=O) groups is 1. The Morgan fingerprint density at radius 3 is 2.86 bits per heavy atom. The van der Waals surface area contributed by atoms with E-state index in [0.29, 0.717) is 24.5 Å². The highest BCUT2D eigenvalue weighted by atomic mass is 16.6. The number of anilines is 1. The van der Waals surface area contributed by atoms with Crippen LogP contribution in [-0.4, -0.2) is 40.5 Å². The first-order valence-corrected chi connectivity index (χ1v) is 8.60. The second-order valence-corrected chi connectivity index (χ2v) is 6.19. The molecule has 1 N–H and O–H groups in total. The fourth-order valence-electron chi connectivity index (χ4n) is 2.70. The third kappa shape index (κ3) is 4.44. The second kappa shape index (κ2) is 8.49. The van der Waals surface area contributed by atoms with Crippen LogP contribution in [0.2, 0.25) is 0 Å². The predicted octanol–water partition coefficient (Wildman–Crippen LogP) is 2.97. The van der Waals surface area contributed by atoms with Crippen molar-refractivity contribution in [1.82, 2.24) is 9.38 Å². The van der Waals surface area contributed by atoms with E-state index in [0.717, 1.165) is 11.2 Å². The highest BCUT2D eigenvalue weighted by Crippen LogP contribution is 2.23. The number of carbonyl (C=O) groups excluding carboxylic acids is 1. The molecule has 0 aliphatic rings. The summed E-state index contributed by atoms with van der Waals surface area (Å²) in [6, 6.07) is 7.83. The number of pyridine rings is 1. The molecular formula is C19H20N4O5. The maximum Gasteiger partial charge on any atom is 0.340 e. The molecule has 2 heterocycles. The average Bonchev–Trinajstić information content (AvgIpc) is 3.08. The molecule has 3 rings (SSSR count). The normalized spacial score (nSPS) is 10.8. The molecule has 28 heavy (non-hydrogen) atoms. The number of nitrogens with zero attached hydrogens (tertiary/aromatic N) is 3. The van der Waals surface area contributed by atoms with Crippen LogP contribution >= 0.6 is 0 Å². The van der Waals surface area contributed by atoms with Gasteiger partial charge < -0.3 is 19.2 Å². The standard InChI is InChI=1S/C19H20N4O5/c1-13-3-6-18-21-14(11-22(18)10-13)12-28-19(24)16-9-15(23(25)26)4-5-17(16)20-7-8-27-2/h3-6,9-11,20H,7-8,12H2,1-2H3. The third-order valence-corrected chi connectivity index (χ3v) is 4.06. The van der Waals surface area contributed by atoms with Gasteiger partial charge in [-0.3, -0.25) is 10.1 Å². The van der Waals surface area contributed by atoms with Gasteiger partial charge in [-0.05, 0) is 24.6 Å². The number of aryl methyl sites for hydroxylation is 1. The van der Waals surface area contributed by atoms with Crippen molar-refractivity contribution in [2.24, 2.45) is 0 Å². The van der Waals surface area contributed by atoms with Gasteiger partial charge in [0.25, 0.3) is 5.69 Å². The maximum atomic E-state index is 12.6. The summed E-state index contributed by atoms with van der Waals surface area (Å²) in [5, 5.41) is 14.1. The van der Waals surface area contributed by atoms with Crippen LogP contribution in [0.5, 0.6) is 0 Å². The molecule has 0 saturated carbocycles. The van der Waals surface area contributed by atoms with Gasteiger partial charge in [0, 0.05) is 43.9 Å². The zero-order valence-electron chi connectivity index (χ0n) is 15.5. The van der Waals surface area contributed by atoms with Gasteiger partial charge in [0.15, 0.2) is 0 Å². The minimum absolute atomic E-state index is 0.0419. The van der Waals surface area contributed by atoms with E-state index >= 15 is 0 Å². The molecule has 1 aromatic carbocycles. The molecule has 0 spiro atoms. The number of benzene rings is 1. The smallest absolute Gasteiger partial charge is 0.340 e. The number of esters is 1. The predicted molar refractivity (Wildman–Crippen MR) is 103 cm³/mol. The fourth-order valence-corrected chi connectivity index (χ4v) is 2.70. The number of non-ortho nitro benzene ring substituents is 1. The molecule has 0 aliphatic carbocycles. The molecule has 0 radical (unpaired) electrons. The maximum absolute atomic E-state index is 12.6. The number of rotatable bonds is 8. The van der Waals surface area contributed by atoms with Crippen LogP contribution in [0.25, 0.3) is 5.65 Å². The zero-order valence-corrected chi connectivity index (χ0v) is 15.5. The minimum Gasteiger partial charge on any atom is -0.455 e. The number of ether oxygens (including phenoxy) is 2. The quantitative estimate of drug-likeness (QED) is 0.275. The molecule has 0 unspecified atom stereocenters. The Balaban J connectivity index is 1.77. The van der Waals surface area contributed by atoms with Crippen LogP contribution in [0.3, 0.4) is 0 Å². The molecule has 2 aromatic heterocycles. The first-order valence-electron chi connectivity index (χ1n) is 8.60. The molecule has 0 amide bonds. The molecule has 0 aliphatic heterocycles. The number of fused-ring (bicyclic) bond motifs is 1. The molecule has 0 fully saturated rings. The number of nitro benzene ring substituents is 1. The van der Waals surface area contributed by atoms with Crippen molar-refractivity contribution >= 4 is 23.0 Å². The number of nitrogens with one attached hydrogen (secondary N) is 1. The van der Waals surface area contributed by atoms with E-state index in [-0.39, 0.29) is 17.9 Å². The summed E-state index contributed by atoms with van der Waals surface area (Å²) in [4.78, 5) is 27.5. The van der Waals surface area contributed by atoms with Crippen LogP contribution in [-0.2, 0) is 16.1 Å². The largest absolute Gasteiger partial charge is 0.455 e. The first-order chi connectivity index (χ1) is 13.5. The second-order valence-electron chi connectivity index (χ2n) is 6.19. The Labute approximate surface area is 161 Å². The Kier molecular flexibility index (Phi) is 5.85. The number of hydrogen-bond acceptors (Lipinski definition) is 7. The molecule has 9 heteroatoms. The highest BCUT2D eigenvalue weighted by Gasteiger charge is 2.18. The van der Waals surface area contributed by atoms with E-state index in [1.165, 1.54) is 18.2 Å². The lowest BCUT2D eigenvalue weighted by Crippen LogP contribution is -2.13. The average molecular weight is 384 g/mol.